The van der Waals surface area contributed by atoms with E-state index in [0.717, 1.165) is 0 Å². The number of nitrogens with zero attached hydrogens (tertiary/aromatic N) is 1. The Morgan fingerprint density at radius 3 is 2.38 bits per heavy atom. The van der Waals surface area contributed by atoms with Crippen molar-refractivity contribution >= 4 is 50.5 Å². The smallest absolute Gasteiger partial charge is 0.271 e. The Balaban J connectivity index is 2.13. The molecule has 0 spiro atoms. The number of thiocarbonyl (C=S) groups is 1. The number of methoxy groups -OCH3 is 2. The number of non-ortho nitro benzene ring substituents is 1. The monoisotopic (exact) mass is 439 g/mol. The highest BCUT2D eigenvalue weighted by Crippen LogP contribution is 2.29. The van der Waals surface area contributed by atoms with Gasteiger partial charge in [-0.3, -0.25) is 20.2 Å². The molecule has 0 aliphatic carbocycles. The number of carbonyl (C=O) groups is 1. The first-order valence-corrected chi connectivity index (χ1v) is 8.34. The van der Waals surface area contributed by atoms with Crippen LogP contribution in [0.3, 0.4) is 0 Å². The maximum Gasteiger partial charge on any atom is 0.271 e. The number of benzene rings is 2. The van der Waals surface area contributed by atoms with E-state index in [0.29, 0.717) is 21.5 Å². The van der Waals surface area contributed by atoms with Crippen LogP contribution in [-0.4, -0.2) is 30.2 Å². The minimum Gasteiger partial charge on any atom is -0.496 e. The van der Waals surface area contributed by atoms with Crippen molar-refractivity contribution in [2.45, 2.75) is 0 Å². The van der Waals surface area contributed by atoms with E-state index in [1.54, 1.807) is 18.2 Å². The predicted octanol–water partition coefficient (Wildman–Crippen LogP) is 3.50. The summed E-state index contributed by atoms with van der Waals surface area (Å²) < 4.78 is 10.9. The van der Waals surface area contributed by atoms with E-state index in [9.17, 15) is 14.9 Å². The van der Waals surface area contributed by atoms with Gasteiger partial charge in [-0.25, -0.2) is 0 Å². The van der Waals surface area contributed by atoms with Crippen molar-refractivity contribution in [3.05, 3.63) is 56.5 Å². The van der Waals surface area contributed by atoms with Crippen LogP contribution in [-0.2, 0) is 0 Å². The van der Waals surface area contributed by atoms with E-state index in [1.807, 2.05) is 0 Å². The Morgan fingerprint density at radius 2 is 1.81 bits per heavy atom. The molecule has 0 unspecified atom stereocenters. The summed E-state index contributed by atoms with van der Waals surface area (Å²) in [5.41, 5.74) is 0.484. The molecular weight excluding hydrogens is 426 g/mol. The molecule has 26 heavy (non-hydrogen) atoms. The van der Waals surface area contributed by atoms with Crippen LogP contribution < -0.4 is 20.1 Å². The van der Waals surface area contributed by atoms with Gasteiger partial charge in [0.1, 0.15) is 11.5 Å². The highest BCUT2D eigenvalue weighted by atomic mass is 79.9. The average Bonchev–Trinajstić information content (AvgIpc) is 2.61. The summed E-state index contributed by atoms with van der Waals surface area (Å²) in [7, 11) is 2.94. The fourth-order valence-corrected chi connectivity index (χ4v) is 2.79. The zero-order valence-corrected chi connectivity index (χ0v) is 16.1. The van der Waals surface area contributed by atoms with Gasteiger partial charge in [0.25, 0.3) is 11.6 Å². The van der Waals surface area contributed by atoms with E-state index in [2.05, 4.69) is 26.6 Å². The van der Waals surface area contributed by atoms with E-state index >= 15 is 0 Å². The van der Waals surface area contributed by atoms with Crippen LogP contribution in [0.5, 0.6) is 11.5 Å². The van der Waals surface area contributed by atoms with Gasteiger partial charge in [0.05, 0.1) is 29.3 Å². The van der Waals surface area contributed by atoms with Crippen LogP contribution in [0.4, 0.5) is 11.4 Å². The van der Waals surface area contributed by atoms with E-state index in [4.69, 9.17) is 21.7 Å². The maximum absolute atomic E-state index is 12.3. The fourth-order valence-electron chi connectivity index (χ4n) is 2.04. The van der Waals surface area contributed by atoms with Gasteiger partial charge in [0.2, 0.25) is 0 Å². The molecule has 0 fully saturated rings. The van der Waals surface area contributed by atoms with Gasteiger partial charge < -0.3 is 14.8 Å². The summed E-state index contributed by atoms with van der Waals surface area (Å²) in [5.74, 6) is 0.484. The van der Waals surface area contributed by atoms with E-state index in [1.165, 1.54) is 32.4 Å². The summed E-state index contributed by atoms with van der Waals surface area (Å²) >= 11 is 8.41. The number of amides is 1. The molecule has 0 aromatic heterocycles. The predicted molar refractivity (Wildman–Crippen MR) is 104 cm³/mol. The van der Waals surface area contributed by atoms with Crippen molar-refractivity contribution in [2.75, 3.05) is 19.5 Å². The molecule has 0 aliphatic rings. The molecule has 0 saturated carbocycles. The molecule has 0 bridgehead atoms. The van der Waals surface area contributed by atoms with Crippen LogP contribution in [0, 0.1) is 10.1 Å². The largest absolute Gasteiger partial charge is 0.496 e. The summed E-state index contributed by atoms with van der Waals surface area (Å²) in [6.07, 6.45) is 0. The van der Waals surface area contributed by atoms with Crippen LogP contribution in [0.25, 0.3) is 0 Å². The fraction of sp³-hybridized carbons (Fsp3) is 0.125. The lowest BCUT2D eigenvalue weighted by molar-refractivity contribution is -0.384. The maximum atomic E-state index is 12.3. The molecule has 0 aliphatic heterocycles. The molecule has 8 nitrogen and oxygen atoms in total. The highest BCUT2D eigenvalue weighted by Gasteiger charge is 2.15. The third-order valence-electron chi connectivity index (χ3n) is 3.28. The van der Waals surface area contributed by atoms with Crippen LogP contribution >= 0.6 is 28.1 Å². The first-order chi connectivity index (χ1) is 12.3. The number of hydrogen-bond donors (Lipinski definition) is 2. The molecule has 2 aromatic carbocycles. The first-order valence-electron chi connectivity index (χ1n) is 7.14. The quantitative estimate of drug-likeness (QED) is 0.417. The molecule has 2 rings (SSSR count). The number of ether oxygens (including phenoxy) is 2. The molecule has 2 N–H and O–H groups in total. The number of anilines is 1. The molecular formula is C16H14BrN3O5S. The van der Waals surface area contributed by atoms with Crippen molar-refractivity contribution in [1.82, 2.24) is 5.32 Å². The van der Waals surface area contributed by atoms with Gasteiger partial charge in [0, 0.05) is 17.7 Å². The standard InChI is InChI=1S/C16H14BrN3O5S/c1-24-13-5-3-9(7-11(13)17)15(21)19-16(26)18-12-8-10(20(22)23)4-6-14(12)25-2/h3-8H,1-2H3,(H2,18,19,21,26). The van der Waals surface area contributed by atoms with Gasteiger partial charge in [-0.1, -0.05) is 0 Å². The van der Waals surface area contributed by atoms with Crippen molar-refractivity contribution < 1.29 is 19.2 Å². The second-order valence-electron chi connectivity index (χ2n) is 4.90. The lowest BCUT2D eigenvalue weighted by Crippen LogP contribution is -2.34. The Bertz CT molecular complexity index is 875. The third-order valence-corrected chi connectivity index (χ3v) is 4.11. The number of nitrogens with one attached hydrogen (secondary N) is 2. The minimum absolute atomic E-state index is 0.0271. The number of halogens is 1. The van der Waals surface area contributed by atoms with E-state index in [-0.39, 0.29) is 16.5 Å². The summed E-state index contributed by atoms with van der Waals surface area (Å²) in [6.45, 7) is 0. The molecule has 2 aromatic rings. The Hall–Kier alpha value is -2.72. The first kappa shape index (κ1) is 19.6. The minimum atomic E-state index is -0.541. The van der Waals surface area contributed by atoms with Gasteiger partial charge in [-0.2, -0.15) is 0 Å². The summed E-state index contributed by atoms with van der Waals surface area (Å²) in [5, 5.41) is 16.1. The summed E-state index contributed by atoms with van der Waals surface area (Å²) in [6, 6.07) is 8.81. The molecule has 1 amide bonds. The van der Waals surface area contributed by atoms with Crippen LogP contribution in [0.1, 0.15) is 10.4 Å². The Kier molecular flexibility index (Phi) is 6.47. The highest BCUT2D eigenvalue weighted by molar-refractivity contribution is 9.10. The molecule has 0 atom stereocenters. The molecule has 0 radical (unpaired) electrons. The Morgan fingerprint density at radius 1 is 1.15 bits per heavy atom. The zero-order valence-electron chi connectivity index (χ0n) is 13.7. The Labute approximate surface area is 162 Å². The second-order valence-corrected chi connectivity index (χ2v) is 6.16. The SMILES string of the molecule is COc1ccc(C(=O)NC(=S)Nc2cc([N+](=O)[O-])ccc2OC)cc1Br. The van der Waals surface area contributed by atoms with Crippen molar-refractivity contribution in [3.63, 3.8) is 0 Å². The average molecular weight is 440 g/mol. The number of nitro groups is 1. The normalized spacial score (nSPS) is 9.96. The number of rotatable bonds is 5. The number of carbonyl (C=O) groups excluding carboxylic acids is 1. The molecule has 136 valence electrons. The lowest BCUT2D eigenvalue weighted by Gasteiger charge is -2.13. The van der Waals surface area contributed by atoms with E-state index < -0.39 is 10.8 Å². The van der Waals surface area contributed by atoms with Crippen molar-refractivity contribution in [3.8, 4) is 11.5 Å². The van der Waals surface area contributed by atoms with Gasteiger partial charge in [0.15, 0.2) is 5.11 Å². The lowest BCUT2D eigenvalue weighted by atomic mass is 10.2. The van der Waals surface area contributed by atoms with Gasteiger partial charge in [-0.05, 0) is 52.4 Å². The molecule has 0 saturated heterocycles. The number of nitro benzene ring substituents is 1. The van der Waals surface area contributed by atoms with Crippen molar-refractivity contribution in [2.24, 2.45) is 0 Å². The second kappa shape index (κ2) is 8.59. The van der Waals surface area contributed by atoms with Crippen molar-refractivity contribution in [1.29, 1.82) is 0 Å². The zero-order chi connectivity index (χ0) is 19.3. The van der Waals surface area contributed by atoms with Crippen LogP contribution in [0.15, 0.2) is 40.9 Å². The number of hydrogen-bond acceptors (Lipinski definition) is 6. The molecule has 0 heterocycles. The topological polar surface area (TPSA) is 103 Å². The van der Waals surface area contributed by atoms with Crippen LogP contribution in [0.2, 0.25) is 0 Å². The van der Waals surface area contributed by atoms with Gasteiger partial charge >= 0.3 is 0 Å². The third kappa shape index (κ3) is 4.67. The molecule has 10 heteroatoms. The summed E-state index contributed by atoms with van der Waals surface area (Å²) in [4.78, 5) is 22.7. The van der Waals surface area contributed by atoms with Gasteiger partial charge in [-0.15, -0.1) is 0 Å².